The van der Waals surface area contributed by atoms with Gasteiger partial charge in [0.25, 0.3) is 0 Å². The standard InChI is InChI=1S/C35H29F4N3O6/c1-45-30-14-21(35(37,38)39)7-5-20(30)18-48-32-4-2-3-27(41-32)25-15-26(36)24(23-10-12-47-33(23)25)16-31-40-28-8-6-19(34(43)44)13-29(28)42(31)17-22-9-11-46-22/h2-8,13-15,22H,9-12,16-18H2,1H3,(H,43,44)/t22-/m0/s1. The summed E-state index contributed by atoms with van der Waals surface area (Å²) >= 11 is 0. The van der Waals surface area contributed by atoms with E-state index < -0.39 is 23.5 Å². The molecule has 1 atom stereocenters. The third kappa shape index (κ3) is 6.01. The van der Waals surface area contributed by atoms with Crippen LogP contribution < -0.4 is 14.2 Å². The number of benzene rings is 3. The van der Waals surface area contributed by atoms with E-state index >= 15 is 4.39 Å². The summed E-state index contributed by atoms with van der Waals surface area (Å²) in [5, 5.41) is 9.56. The fourth-order valence-corrected chi connectivity index (χ4v) is 6.06. The Balaban J connectivity index is 1.18. The zero-order chi connectivity index (χ0) is 33.6. The Hall–Kier alpha value is -5.17. The Morgan fingerprint density at radius 3 is 2.65 bits per heavy atom. The molecule has 9 nitrogen and oxygen atoms in total. The number of pyridine rings is 1. The van der Waals surface area contributed by atoms with E-state index in [-0.39, 0.29) is 36.3 Å². The van der Waals surface area contributed by atoms with Gasteiger partial charge in [-0.05, 0) is 48.9 Å². The predicted octanol–water partition coefficient (Wildman–Crippen LogP) is 6.86. The number of carboxylic acid groups (broad SMARTS) is 1. The molecule has 0 spiro atoms. The first kappa shape index (κ1) is 31.4. The van der Waals surface area contributed by atoms with E-state index in [1.54, 1.807) is 30.3 Å². The number of ether oxygens (including phenoxy) is 4. The summed E-state index contributed by atoms with van der Waals surface area (Å²) < 4.78 is 80.1. The highest BCUT2D eigenvalue weighted by molar-refractivity contribution is 5.92. The smallest absolute Gasteiger partial charge is 0.416 e. The largest absolute Gasteiger partial charge is 0.496 e. The number of methoxy groups -OCH3 is 1. The van der Waals surface area contributed by atoms with Crippen LogP contribution in [-0.4, -0.2) is 52.0 Å². The second-order valence-electron chi connectivity index (χ2n) is 11.6. The van der Waals surface area contributed by atoms with Gasteiger partial charge in [-0.25, -0.2) is 19.2 Å². The van der Waals surface area contributed by atoms with Gasteiger partial charge in [0.05, 0.1) is 54.2 Å². The van der Waals surface area contributed by atoms with Crippen LogP contribution in [0.4, 0.5) is 17.6 Å². The van der Waals surface area contributed by atoms with E-state index in [1.165, 1.54) is 25.3 Å². The van der Waals surface area contributed by atoms with Crippen molar-refractivity contribution in [2.45, 2.75) is 44.7 Å². The lowest BCUT2D eigenvalue weighted by Crippen LogP contribution is -2.31. The van der Waals surface area contributed by atoms with Crippen LogP contribution in [-0.2, 0) is 36.9 Å². The van der Waals surface area contributed by atoms with E-state index in [0.717, 1.165) is 18.6 Å². The normalized spacial score (nSPS) is 15.6. The van der Waals surface area contributed by atoms with E-state index in [4.69, 9.17) is 23.9 Å². The average molecular weight is 664 g/mol. The quantitative estimate of drug-likeness (QED) is 0.162. The number of hydrogen-bond donors (Lipinski definition) is 1. The summed E-state index contributed by atoms with van der Waals surface area (Å²) in [6.45, 7) is 1.34. The molecule has 0 radical (unpaired) electrons. The zero-order valence-electron chi connectivity index (χ0n) is 25.6. The highest BCUT2D eigenvalue weighted by Crippen LogP contribution is 2.41. The minimum Gasteiger partial charge on any atom is -0.496 e. The maximum Gasteiger partial charge on any atom is 0.416 e. The minimum absolute atomic E-state index is 0.0286. The number of aromatic nitrogens is 3. The number of hydrogen-bond acceptors (Lipinski definition) is 7. The first-order valence-corrected chi connectivity index (χ1v) is 15.2. The highest BCUT2D eigenvalue weighted by Gasteiger charge is 2.32. The topological polar surface area (TPSA) is 105 Å². The van der Waals surface area contributed by atoms with Crippen molar-refractivity contribution in [1.82, 2.24) is 14.5 Å². The van der Waals surface area contributed by atoms with Crippen LogP contribution in [0.1, 0.15) is 44.9 Å². The van der Waals surface area contributed by atoms with Crippen LogP contribution in [0.3, 0.4) is 0 Å². The van der Waals surface area contributed by atoms with Crippen LogP contribution in [0.15, 0.2) is 60.7 Å². The second kappa shape index (κ2) is 12.5. The van der Waals surface area contributed by atoms with Crippen LogP contribution in [0.25, 0.3) is 22.3 Å². The molecule has 1 N–H and O–H groups in total. The van der Waals surface area contributed by atoms with Crippen molar-refractivity contribution in [3.05, 3.63) is 100 Å². The molecule has 13 heteroatoms. The number of fused-ring (bicyclic) bond motifs is 2. The van der Waals surface area contributed by atoms with Gasteiger partial charge in [-0.2, -0.15) is 13.2 Å². The molecule has 0 amide bonds. The van der Waals surface area contributed by atoms with Crippen molar-refractivity contribution >= 4 is 17.0 Å². The molecule has 0 bridgehead atoms. The number of nitrogens with zero attached hydrogens (tertiary/aromatic N) is 3. The van der Waals surface area contributed by atoms with E-state index in [1.807, 2.05) is 4.57 Å². The third-order valence-corrected chi connectivity index (χ3v) is 8.62. The summed E-state index contributed by atoms with van der Waals surface area (Å²) in [5.74, 6) is -0.236. The van der Waals surface area contributed by atoms with Crippen molar-refractivity contribution in [3.8, 4) is 28.6 Å². The van der Waals surface area contributed by atoms with Gasteiger partial charge in [-0.15, -0.1) is 0 Å². The van der Waals surface area contributed by atoms with Crippen LogP contribution >= 0.6 is 0 Å². The molecule has 248 valence electrons. The molecular formula is C35H29F4N3O6. The summed E-state index contributed by atoms with van der Waals surface area (Å²) in [6, 6.07) is 14.2. The molecule has 2 aromatic heterocycles. The van der Waals surface area contributed by atoms with Crippen molar-refractivity contribution in [2.24, 2.45) is 0 Å². The fourth-order valence-electron chi connectivity index (χ4n) is 6.06. The molecule has 4 heterocycles. The molecular weight excluding hydrogens is 634 g/mol. The predicted molar refractivity (Wildman–Crippen MR) is 165 cm³/mol. The Bertz CT molecular complexity index is 2040. The second-order valence-corrected chi connectivity index (χ2v) is 11.6. The number of rotatable bonds is 10. The van der Waals surface area contributed by atoms with Gasteiger partial charge in [-0.1, -0.05) is 12.1 Å². The number of carbonyl (C=O) groups is 1. The Kier molecular flexibility index (Phi) is 8.15. The number of imidazole rings is 1. The van der Waals surface area contributed by atoms with Gasteiger partial charge in [0, 0.05) is 47.8 Å². The van der Waals surface area contributed by atoms with Crippen LogP contribution in [0, 0.1) is 5.82 Å². The summed E-state index contributed by atoms with van der Waals surface area (Å²) in [6.07, 6.45) is -3.09. The van der Waals surface area contributed by atoms with Crippen molar-refractivity contribution in [3.63, 3.8) is 0 Å². The molecule has 0 aliphatic carbocycles. The first-order valence-electron chi connectivity index (χ1n) is 15.2. The zero-order valence-corrected chi connectivity index (χ0v) is 25.6. The molecule has 1 fully saturated rings. The maximum absolute atomic E-state index is 16.1. The SMILES string of the molecule is COc1cc(C(F)(F)F)ccc1COc1cccc(-c2cc(F)c(Cc3nc4ccc(C(=O)O)cc4n3C[C@@H]3CCO3)c3c2OCC3)n1. The van der Waals surface area contributed by atoms with Gasteiger partial charge in [0.15, 0.2) is 0 Å². The van der Waals surface area contributed by atoms with Gasteiger partial charge >= 0.3 is 12.1 Å². The van der Waals surface area contributed by atoms with Gasteiger partial charge in [0.1, 0.15) is 29.7 Å². The molecule has 3 aromatic carbocycles. The Labute approximate surface area is 271 Å². The summed E-state index contributed by atoms with van der Waals surface area (Å²) in [4.78, 5) is 21.0. The van der Waals surface area contributed by atoms with Crippen LogP contribution in [0.2, 0.25) is 0 Å². The average Bonchev–Trinajstić information content (AvgIpc) is 3.67. The number of alkyl halides is 3. The van der Waals surface area contributed by atoms with Gasteiger partial charge in [-0.3, -0.25) is 0 Å². The van der Waals surface area contributed by atoms with E-state index in [9.17, 15) is 23.1 Å². The number of aromatic carboxylic acids is 1. The molecule has 1 saturated heterocycles. The highest BCUT2D eigenvalue weighted by atomic mass is 19.4. The lowest BCUT2D eigenvalue weighted by atomic mass is 9.96. The lowest BCUT2D eigenvalue weighted by molar-refractivity contribution is -0.137. The monoisotopic (exact) mass is 663 g/mol. The summed E-state index contributed by atoms with van der Waals surface area (Å²) in [5.41, 5.74) is 2.89. The third-order valence-electron chi connectivity index (χ3n) is 8.62. The number of carboxylic acids is 1. The van der Waals surface area contributed by atoms with E-state index in [2.05, 4.69) is 4.98 Å². The molecule has 2 aliphatic rings. The van der Waals surface area contributed by atoms with Crippen molar-refractivity contribution < 1.29 is 46.4 Å². The fraction of sp³-hybridized carbons (Fsp3) is 0.286. The molecule has 0 saturated carbocycles. The molecule has 5 aromatic rings. The molecule has 2 aliphatic heterocycles. The molecule has 48 heavy (non-hydrogen) atoms. The maximum atomic E-state index is 16.1. The summed E-state index contributed by atoms with van der Waals surface area (Å²) in [7, 11) is 1.28. The molecule has 7 rings (SSSR count). The van der Waals surface area contributed by atoms with Gasteiger partial charge in [0.2, 0.25) is 5.88 Å². The Morgan fingerprint density at radius 1 is 1.08 bits per heavy atom. The molecule has 0 unspecified atom stereocenters. The Morgan fingerprint density at radius 2 is 1.92 bits per heavy atom. The van der Waals surface area contributed by atoms with Gasteiger partial charge < -0.3 is 28.6 Å². The minimum atomic E-state index is -4.51. The van der Waals surface area contributed by atoms with Crippen LogP contribution in [0.5, 0.6) is 17.4 Å². The first-order chi connectivity index (χ1) is 23.1. The number of halogens is 4. The van der Waals surface area contributed by atoms with E-state index in [0.29, 0.717) is 76.7 Å². The lowest BCUT2D eigenvalue weighted by Gasteiger charge is -2.27. The van der Waals surface area contributed by atoms with Crippen molar-refractivity contribution in [1.29, 1.82) is 0 Å². The van der Waals surface area contributed by atoms with Crippen molar-refractivity contribution in [2.75, 3.05) is 20.3 Å².